The van der Waals surface area contributed by atoms with Crippen molar-refractivity contribution in [3.8, 4) is 0 Å². The van der Waals surface area contributed by atoms with Crippen molar-refractivity contribution in [3.05, 3.63) is 32.4 Å². The van der Waals surface area contributed by atoms with E-state index in [4.69, 9.17) is 0 Å². The standard InChI is InChI=1S/C13H17N3OS2/c1-8(9-6-5-7-18-9)14-10(17)11-15-16-12(19-11)13(2,3)4/h5-8H,1-4H3,(H,14,17)/t8-/m0/s1. The predicted octanol–water partition coefficient (Wildman–Crippen LogP) is 3.39. The van der Waals surface area contributed by atoms with Crippen molar-refractivity contribution in [2.45, 2.75) is 39.2 Å². The van der Waals surface area contributed by atoms with Gasteiger partial charge in [-0.05, 0) is 18.4 Å². The van der Waals surface area contributed by atoms with Gasteiger partial charge in [0.05, 0.1) is 6.04 Å². The zero-order chi connectivity index (χ0) is 14.0. The maximum atomic E-state index is 12.1. The van der Waals surface area contributed by atoms with Crippen LogP contribution in [0.1, 0.15) is 53.4 Å². The Labute approximate surface area is 120 Å². The van der Waals surface area contributed by atoms with E-state index in [9.17, 15) is 4.79 Å². The first-order chi connectivity index (χ1) is 8.88. The molecular weight excluding hydrogens is 278 g/mol. The third-order valence-corrected chi connectivity index (χ3v) is 4.98. The second kappa shape index (κ2) is 5.38. The molecular formula is C13H17N3OS2. The number of thiophene rings is 1. The Balaban J connectivity index is 2.06. The summed E-state index contributed by atoms with van der Waals surface area (Å²) in [7, 11) is 0. The molecule has 0 aromatic carbocycles. The van der Waals surface area contributed by atoms with Crippen molar-refractivity contribution < 1.29 is 4.79 Å². The summed E-state index contributed by atoms with van der Waals surface area (Å²) in [6, 6.07) is 3.98. The molecule has 4 nitrogen and oxygen atoms in total. The summed E-state index contributed by atoms with van der Waals surface area (Å²) in [6.45, 7) is 8.14. The summed E-state index contributed by atoms with van der Waals surface area (Å²) in [5.41, 5.74) is -0.0738. The topological polar surface area (TPSA) is 54.9 Å². The third kappa shape index (κ3) is 3.39. The molecule has 0 unspecified atom stereocenters. The van der Waals surface area contributed by atoms with E-state index in [1.165, 1.54) is 11.3 Å². The zero-order valence-electron chi connectivity index (χ0n) is 11.4. The van der Waals surface area contributed by atoms with Crippen molar-refractivity contribution >= 4 is 28.6 Å². The molecule has 0 saturated heterocycles. The summed E-state index contributed by atoms with van der Waals surface area (Å²) in [5, 5.41) is 14.3. The molecule has 0 radical (unpaired) electrons. The highest BCUT2D eigenvalue weighted by molar-refractivity contribution is 7.13. The van der Waals surface area contributed by atoms with Gasteiger partial charge in [0.2, 0.25) is 5.01 Å². The van der Waals surface area contributed by atoms with E-state index in [-0.39, 0.29) is 17.4 Å². The molecule has 0 saturated carbocycles. The van der Waals surface area contributed by atoms with Crippen LogP contribution in [0.3, 0.4) is 0 Å². The second-order valence-electron chi connectivity index (χ2n) is 5.37. The fraction of sp³-hybridized carbons (Fsp3) is 0.462. The van der Waals surface area contributed by atoms with Crippen LogP contribution >= 0.6 is 22.7 Å². The van der Waals surface area contributed by atoms with Crippen LogP contribution in [0, 0.1) is 0 Å². The fourth-order valence-corrected chi connectivity index (χ4v) is 3.02. The van der Waals surface area contributed by atoms with E-state index in [2.05, 4.69) is 36.3 Å². The molecule has 0 fully saturated rings. The van der Waals surface area contributed by atoms with Crippen LogP contribution in [-0.2, 0) is 5.41 Å². The molecule has 102 valence electrons. The number of nitrogens with one attached hydrogen (secondary N) is 1. The first-order valence-electron chi connectivity index (χ1n) is 6.06. The number of amides is 1. The molecule has 2 rings (SSSR count). The summed E-state index contributed by atoms with van der Waals surface area (Å²) >= 11 is 2.99. The van der Waals surface area contributed by atoms with Gasteiger partial charge in [-0.2, -0.15) is 0 Å². The van der Waals surface area contributed by atoms with Gasteiger partial charge < -0.3 is 5.32 Å². The summed E-state index contributed by atoms with van der Waals surface area (Å²) < 4.78 is 0. The van der Waals surface area contributed by atoms with Crippen LogP contribution in [0.25, 0.3) is 0 Å². The highest BCUT2D eigenvalue weighted by atomic mass is 32.1. The molecule has 0 spiro atoms. The fourth-order valence-electron chi connectivity index (χ4n) is 1.49. The van der Waals surface area contributed by atoms with E-state index in [1.807, 2.05) is 24.4 Å². The maximum Gasteiger partial charge on any atom is 0.282 e. The Morgan fingerprint density at radius 2 is 2.11 bits per heavy atom. The van der Waals surface area contributed by atoms with E-state index in [0.29, 0.717) is 5.01 Å². The van der Waals surface area contributed by atoms with Crippen molar-refractivity contribution in [2.75, 3.05) is 0 Å². The van der Waals surface area contributed by atoms with E-state index in [0.717, 1.165) is 9.88 Å². The van der Waals surface area contributed by atoms with Crippen molar-refractivity contribution in [3.63, 3.8) is 0 Å². The van der Waals surface area contributed by atoms with Crippen LogP contribution < -0.4 is 5.32 Å². The van der Waals surface area contributed by atoms with Crippen LogP contribution in [-0.4, -0.2) is 16.1 Å². The number of rotatable bonds is 3. The minimum Gasteiger partial charge on any atom is -0.343 e. The lowest BCUT2D eigenvalue weighted by Crippen LogP contribution is -2.25. The Morgan fingerprint density at radius 3 is 2.63 bits per heavy atom. The molecule has 6 heteroatoms. The summed E-state index contributed by atoms with van der Waals surface area (Å²) in [6.07, 6.45) is 0. The van der Waals surface area contributed by atoms with Gasteiger partial charge in [0.25, 0.3) is 5.91 Å². The average Bonchev–Trinajstić information content (AvgIpc) is 3.00. The first-order valence-corrected chi connectivity index (χ1v) is 7.76. The third-order valence-electron chi connectivity index (χ3n) is 2.58. The van der Waals surface area contributed by atoms with E-state index < -0.39 is 0 Å². The Bertz CT molecular complexity index is 555. The SMILES string of the molecule is C[C@H](NC(=O)c1nnc(C(C)(C)C)s1)c1cccs1. The normalized spacial score (nSPS) is 13.3. The van der Waals surface area contributed by atoms with Crippen LogP contribution in [0.2, 0.25) is 0 Å². The number of aromatic nitrogens is 2. The molecule has 0 aliphatic carbocycles. The van der Waals surface area contributed by atoms with Gasteiger partial charge in [-0.3, -0.25) is 4.79 Å². The zero-order valence-corrected chi connectivity index (χ0v) is 13.1. The molecule has 1 atom stereocenters. The van der Waals surface area contributed by atoms with Gasteiger partial charge in [0.15, 0.2) is 0 Å². The molecule has 0 bridgehead atoms. The lowest BCUT2D eigenvalue weighted by molar-refractivity contribution is 0.0939. The largest absolute Gasteiger partial charge is 0.343 e. The lowest BCUT2D eigenvalue weighted by Gasteiger charge is -2.12. The van der Waals surface area contributed by atoms with Crippen LogP contribution in [0.5, 0.6) is 0 Å². The lowest BCUT2D eigenvalue weighted by atomic mass is 9.98. The number of hydrogen-bond donors (Lipinski definition) is 1. The minimum absolute atomic E-state index is 0.00510. The quantitative estimate of drug-likeness (QED) is 0.944. The van der Waals surface area contributed by atoms with Gasteiger partial charge >= 0.3 is 0 Å². The molecule has 19 heavy (non-hydrogen) atoms. The molecule has 2 aromatic rings. The average molecular weight is 295 g/mol. The Hall–Kier alpha value is -1.27. The van der Waals surface area contributed by atoms with E-state index >= 15 is 0 Å². The molecule has 2 aromatic heterocycles. The van der Waals surface area contributed by atoms with Gasteiger partial charge in [-0.25, -0.2) is 0 Å². The molecule has 0 aliphatic rings. The summed E-state index contributed by atoms with van der Waals surface area (Å²) in [4.78, 5) is 13.2. The van der Waals surface area contributed by atoms with Crippen LogP contribution in [0.15, 0.2) is 17.5 Å². The molecule has 1 N–H and O–H groups in total. The van der Waals surface area contributed by atoms with Crippen molar-refractivity contribution in [1.82, 2.24) is 15.5 Å². The van der Waals surface area contributed by atoms with Gasteiger partial charge in [-0.1, -0.05) is 38.2 Å². The number of nitrogens with zero attached hydrogens (tertiary/aromatic N) is 2. The maximum absolute atomic E-state index is 12.1. The highest BCUT2D eigenvalue weighted by Crippen LogP contribution is 2.26. The first kappa shape index (κ1) is 14.1. The summed E-state index contributed by atoms with van der Waals surface area (Å²) in [5.74, 6) is -0.158. The van der Waals surface area contributed by atoms with Crippen LogP contribution in [0.4, 0.5) is 0 Å². The van der Waals surface area contributed by atoms with Gasteiger partial charge in [-0.15, -0.1) is 21.5 Å². The second-order valence-corrected chi connectivity index (χ2v) is 7.33. The molecule has 2 heterocycles. The van der Waals surface area contributed by atoms with Crippen molar-refractivity contribution in [1.29, 1.82) is 0 Å². The number of carbonyl (C=O) groups excluding carboxylic acids is 1. The smallest absolute Gasteiger partial charge is 0.282 e. The van der Waals surface area contributed by atoms with Gasteiger partial charge in [0.1, 0.15) is 5.01 Å². The van der Waals surface area contributed by atoms with E-state index in [1.54, 1.807) is 11.3 Å². The molecule has 1 amide bonds. The molecule has 0 aliphatic heterocycles. The highest BCUT2D eigenvalue weighted by Gasteiger charge is 2.22. The minimum atomic E-state index is -0.158. The Morgan fingerprint density at radius 1 is 1.37 bits per heavy atom. The number of hydrogen-bond acceptors (Lipinski definition) is 5. The monoisotopic (exact) mass is 295 g/mol. The van der Waals surface area contributed by atoms with Crippen molar-refractivity contribution in [2.24, 2.45) is 0 Å². The predicted molar refractivity (Wildman–Crippen MR) is 78.8 cm³/mol. The Kier molecular flexibility index (Phi) is 4.01. The van der Waals surface area contributed by atoms with Gasteiger partial charge in [0, 0.05) is 10.3 Å². The number of carbonyl (C=O) groups is 1.